The molecule has 5 nitrogen and oxygen atoms in total. The molecule has 1 atom stereocenters. The molecular formula is C10H15Cl2N3O2S. The van der Waals surface area contributed by atoms with Gasteiger partial charge >= 0.3 is 0 Å². The van der Waals surface area contributed by atoms with E-state index in [4.69, 9.17) is 11.6 Å². The summed E-state index contributed by atoms with van der Waals surface area (Å²) in [4.78, 5) is 7.74. The first-order valence-corrected chi connectivity index (χ1v) is 7.45. The van der Waals surface area contributed by atoms with E-state index in [0.29, 0.717) is 5.69 Å². The van der Waals surface area contributed by atoms with Crippen LogP contribution in [0.15, 0.2) is 11.2 Å². The Labute approximate surface area is 118 Å². The normalized spacial score (nSPS) is 19.6. The minimum absolute atomic E-state index is 0. The number of aryl methyl sites for hydroxylation is 1. The fourth-order valence-electron chi connectivity index (χ4n) is 1.88. The molecule has 1 saturated heterocycles. The zero-order valence-electron chi connectivity index (χ0n) is 9.89. The van der Waals surface area contributed by atoms with Crippen molar-refractivity contribution in [3.8, 4) is 0 Å². The van der Waals surface area contributed by atoms with Gasteiger partial charge in [-0.15, -0.1) is 12.4 Å². The van der Waals surface area contributed by atoms with E-state index in [-0.39, 0.29) is 34.4 Å². The third-order valence-electron chi connectivity index (χ3n) is 2.70. The number of rotatable bonds is 3. The van der Waals surface area contributed by atoms with Crippen LogP contribution in [0.2, 0.25) is 5.15 Å². The second-order valence-corrected chi connectivity index (χ2v) is 6.57. The maximum atomic E-state index is 12.1. The van der Waals surface area contributed by atoms with E-state index in [1.165, 1.54) is 6.07 Å². The van der Waals surface area contributed by atoms with Gasteiger partial charge in [0.1, 0.15) is 5.15 Å². The minimum atomic E-state index is -3.44. The number of hydrogen-bond donors (Lipinski definition) is 1. The summed E-state index contributed by atoms with van der Waals surface area (Å²) >= 11 is 5.74. The Bertz CT molecular complexity index is 496. The summed E-state index contributed by atoms with van der Waals surface area (Å²) in [5, 5.41) is 3.15. The quantitative estimate of drug-likeness (QED) is 0.672. The summed E-state index contributed by atoms with van der Waals surface area (Å²) in [6.45, 7) is 3.30. The summed E-state index contributed by atoms with van der Waals surface area (Å²) in [5.41, 5.74) is 0.563. The molecule has 1 unspecified atom stereocenters. The molecular weight excluding hydrogens is 297 g/mol. The Morgan fingerprint density at radius 2 is 2.22 bits per heavy atom. The summed E-state index contributed by atoms with van der Waals surface area (Å²) in [6, 6.07) is 1.54. The van der Waals surface area contributed by atoms with E-state index in [1.54, 1.807) is 6.92 Å². The van der Waals surface area contributed by atoms with Gasteiger partial charge in [-0.2, -0.15) is 0 Å². The average Bonchev–Trinajstić information content (AvgIpc) is 2.68. The maximum Gasteiger partial charge on any atom is 0.248 e. The van der Waals surface area contributed by atoms with Crippen LogP contribution in [-0.2, 0) is 9.84 Å². The van der Waals surface area contributed by atoms with Crippen LogP contribution in [0.3, 0.4) is 0 Å². The van der Waals surface area contributed by atoms with Crippen LogP contribution >= 0.6 is 24.0 Å². The average molecular weight is 312 g/mol. The van der Waals surface area contributed by atoms with Gasteiger partial charge in [-0.1, -0.05) is 11.6 Å². The third-order valence-corrected chi connectivity index (χ3v) is 4.54. The number of halogens is 2. The van der Waals surface area contributed by atoms with Crippen molar-refractivity contribution in [2.75, 3.05) is 18.8 Å². The van der Waals surface area contributed by atoms with Crippen LogP contribution in [-0.4, -0.2) is 37.2 Å². The highest BCUT2D eigenvalue weighted by atomic mass is 35.5. The van der Waals surface area contributed by atoms with Crippen LogP contribution in [0.1, 0.15) is 12.1 Å². The van der Waals surface area contributed by atoms with E-state index >= 15 is 0 Å². The zero-order valence-corrected chi connectivity index (χ0v) is 12.3. The molecule has 0 radical (unpaired) electrons. The van der Waals surface area contributed by atoms with Crippen LogP contribution in [0, 0.1) is 12.8 Å². The topological polar surface area (TPSA) is 72.0 Å². The number of hydrogen-bond acceptors (Lipinski definition) is 5. The molecule has 1 N–H and O–H groups in total. The van der Waals surface area contributed by atoms with Crippen LogP contribution in [0.5, 0.6) is 0 Å². The highest BCUT2D eigenvalue weighted by molar-refractivity contribution is 7.91. The molecule has 0 aliphatic carbocycles. The van der Waals surface area contributed by atoms with Gasteiger partial charge in [-0.05, 0) is 38.4 Å². The first kappa shape index (κ1) is 15.6. The van der Waals surface area contributed by atoms with Crippen molar-refractivity contribution < 1.29 is 8.42 Å². The monoisotopic (exact) mass is 311 g/mol. The van der Waals surface area contributed by atoms with E-state index in [9.17, 15) is 8.42 Å². The maximum absolute atomic E-state index is 12.1. The lowest BCUT2D eigenvalue weighted by molar-refractivity contribution is 0.562. The minimum Gasteiger partial charge on any atom is -0.316 e. The van der Waals surface area contributed by atoms with Crippen LogP contribution < -0.4 is 5.32 Å². The first-order valence-electron chi connectivity index (χ1n) is 5.42. The molecule has 1 aliphatic heterocycles. The van der Waals surface area contributed by atoms with Crippen molar-refractivity contribution in [3.05, 3.63) is 16.9 Å². The van der Waals surface area contributed by atoms with Crippen molar-refractivity contribution in [1.82, 2.24) is 15.3 Å². The fraction of sp³-hybridized carbons (Fsp3) is 0.600. The molecule has 1 aliphatic rings. The molecule has 1 fully saturated rings. The highest BCUT2D eigenvalue weighted by Gasteiger charge is 2.26. The molecule has 1 aromatic heterocycles. The summed E-state index contributed by atoms with van der Waals surface area (Å²) in [7, 11) is -3.44. The number of nitrogens with one attached hydrogen (secondary N) is 1. The fourth-order valence-corrected chi connectivity index (χ4v) is 3.75. The molecule has 2 rings (SSSR count). The van der Waals surface area contributed by atoms with Gasteiger partial charge < -0.3 is 5.32 Å². The van der Waals surface area contributed by atoms with Crippen molar-refractivity contribution >= 4 is 33.8 Å². The Balaban J connectivity index is 0.00000162. The first-order chi connectivity index (χ1) is 7.97. The largest absolute Gasteiger partial charge is 0.316 e. The lowest BCUT2D eigenvalue weighted by Crippen LogP contribution is -2.20. The Morgan fingerprint density at radius 1 is 1.50 bits per heavy atom. The number of aromatic nitrogens is 2. The lowest BCUT2D eigenvalue weighted by atomic mass is 10.2. The van der Waals surface area contributed by atoms with E-state index < -0.39 is 9.84 Å². The standard InChI is InChI=1S/C10H14ClN3O2S.ClH/c1-7-4-9(11)14-10(13-7)17(15,16)6-8-2-3-12-5-8;/h4,8,12H,2-3,5-6H2,1H3;1H. The molecule has 102 valence electrons. The second kappa shape index (κ2) is 6.14. The van der Waals surface area contributed by atoms with Crippen molar-refractivity contribution in [3.63, 3.8) is 0 Å². The van der Waals surface area contributed by atoms with Crippen molar-refractivity contribution in [2.24, 2.45) is 5.92 Å². The zero-order chi connectivity index (χ0) is 12.5. The van der Waals surface area contributed by atoms with E-state index in [0.717, 1.165) is 19.5 Å². The molecule has 8 heteroatoms. The molecule has 18 heavy (non-hydrogen) atoms. The van der Waals surface area contributed by atoms with Gasteiger partial charge in [0, 0.05) is 5.69 Å². The predicted molar refractivity (Wildman–Crippen MR) is 72.1 cm³/mol. The van der Waals surface area contributed by atoms with E-state index in [1.807, 2.05) is 0 Å². The van der Waals surface area contributed by atoms with E-state index in [2.05, 4.69) is 15.3 Å². The molecule has 0 spiro atoms. The van der Waals surface area contributed by atoms with Crippen molar-refractivity contribution in [1.29, 1.82) is 0 Å². The van der Waals surface area contributed by atoms with Gasteiger partial charge in [-0.3, -0.25) is 0 Å². The Hall–Kier alpha value is -0.430. The number of sulfone groups is 1. The molecule has 1 aromatic rings. The molecule has 0 amide bonds. The summed E-state index contributed by atoms with van der Waals surface area (Å²) < 4.78 is 24.2. The summed E-state index contributed by atoms with van der Waals surface area (Å²) in [5.74, 6) is 0.225. The molecule has 0 bridgehead atoms. The summed E-state index contributed by atoms with van der Waals surface area (Å²) in [6.07, 6.45) is 0.874. The molecule has 0 aromatic carbocycles. The predicted octanol–water partition coefficient (Wildman–Crippen LogP) is 1.24. The Morgan fingerprint density at radius 3 is 2.78 bits per heavy atom. The molecule has 0 saturated carbocycles. The van der Waals surface area contributed by atoms with Crippen LogP contribution in [0.25, 0.3) is 0 Å². The SMILES string of the molecule is Cc1cc(Cl)nc(S(=O)(=O)CC2CCNC2)n1.Cl. The van der Waals surface area contributed by atoms with Crippen LogP contribution in [0.4, 0.5) is 0 Å². The highest BCUT2D eigenvalue weighted by Crippen LogP contribution is 2.17. The molecule has 2 heterocycles. The Kier molecular flexibility index (Phi) is 5.33. The van der Waals surface area contributed by atoms with Gasteiger partial charge in [0.2, 0.25) is 15.0 Å². The van der Waals surface area contributed by atoms with Crippen molar-refractivity contribution in [2.45, 2.75) is 18.5 Å². The lowest BCUT2D eigenvalue weighted by Gasteiger charge is -2.08. The van der Waals surface area contributed by atoms with Gasteiger partial charge in [0.15, 0.2) is 0 Å². The smallest absolute Gasteiger partial charge is 0.248 e. The van der Waals surface area contributed by atoms with Gasteiger partial charge in [0.05, 0.1) is 5.75 Å². The number of nitrogens with zero attached hydrogens (tertiary/aromatic N) is 2. The second-order valence-electron chi connectivity index (χ2n) is 4.25. The van der Waals surface area contributed by atoms with Gasteiger partial charge in [-0.25, -0.2) is 18.4 Å². The third kappa shape index (κ3) is 3.78. The van der Waals surface area contributed by atoms with Gasteiger partial charge in [0.25, 0.3) is 0 Å².